The summed E-state index contributed by atoms with van der Waals surface area (Å²) in [6.45, 7) is 3.97. The third kappa shape index (κ3) is 3.49. The number of hydrogen-bond acceptors (Lipinski definition) is 3. The molecule has 0 atom stereocenters. The summed E-state index contributed by atoms with van der Waals surface area (Å²) in [5.74, 6) is 1.21. The van der Waals surface area contributed by atoms with Crippen LogP contribution in [0.5, 0.6) is 11.5 Å². The third-order valence-electron chi connectivity index (χ3n) is 3.51. The lowest BCUT2D eigenvalue weighted by Gasteiger charge is -2.14. The first-order chi connectivity index (χ1) is 10.5. The molecule has 0 unspecified atom stereocenters. The number of methoxy groups -OCH3 is 2. The van der Waals surface area contributed by atoms with E-state index >= 15 is 0 Å². The summed E-state index contributed by atoms with van der Waals surface area (Å²) in [5.41, 5.74) is 3.48. The van der Waals surface area contributed by atoms with Crippen molar-refractivity contribution in [1.82, 2.24) is 0 Å². The minimum atomic E-state index is -0.333. The van der Waals surface area contributed by atoms with Crippen LogP contribution < -0.4 is 20.1 Å². The second-order valence-electron chi connectivity index (χ2n) is 4.89. The standard InChI is InChI=1S/C17H20N2O3/c1-11-6-5-7-14(12(11)2)18-17(20)19-15-10-13(21-3)8-9-16(15)22-4/h5-10H,1-4H3,(H2,18,19,20). The van der Waals surface area contributed by atoms with Crippen molar-refractivity contribution in [2.24, 2.45) is 0 Å². The molecule has 5 nitrogen and oxygen atoms in total. The fourth-order valence-electron chi connectivity index (χ4n) is 2.07. The van der Waals surface area contributed by atoms with Gasteiger partial charge in [0.2, 0.25) is 0 Å². The topological polar surface area (TPSA) is 59.6 Å². The van der Waals surface area contributed by atoms with E-state index in [1.165, 1.54) is 0 Å². The minimum absolute atomic E-state index is 0.333. The number of carbonyl (C=O) groups excluding carboxylic acids is 1. The van der Waals surface area contributed by atoms with Gasteiger partial charge in [0.25, 0.3) is 0 Å². The molecule has 0 aliphatic heterocycles. The zero-order valence-electron chi connectivity index (χ0n) is 13.2. The molecule has 2 rings (SSSR count). The smallest absolute Gasteiger partial charge is 0.323 e. The summed E-state index contributed by atoms with van der Waals surface area (Å²) in [6, 6.07) is 10.7. The second kappa shape index (κ2) is 6.85. The van der Waals surface area contributed by atoms with Gasteiger partial charge in [-0.3, -0.25) is 0 Å². The summed E-state index contributed by atoms with van der Waals surface area (Å²) < 4.78 is 10.4. The van der Waals surface area contributed by atoms with Gasteiger partial charge in [-0.2, -0.15) is 0 Å². The first kappa shape index (κ1) is 15.7. The summed E-state index contributed by atoms with van der Waals surface area (Å²) in [7, 11) is 3.12. The van der Waals surface area contributed by atoms with Crippen LogP contribution in [-0.4, -0.2) is 20.3 Å². The Morgan fingerprint density at radius 2 is 1.68 bits per heavy atom. The van der Waals surface area contributed by atoms with Gasteiger partial charge in [0.15, 0.2) is 0 Å². The Morgan fingerprint density at radius 3 is 2.36 bits per heavy atom. The molecule has 0 bridgehead atoms. The first-order valence-electron chi connectivity index (χ1n) is 6.91. The van der Waals surface area contributed by atoms with Crippen molar-refractivity contribution in [2.75, 3.05) is 24.9 Å². The number of anilines is 2. The zero-order valence-corrected chi connectivity index (χ0v) is 13.2. The molecule has 0 saturated heterocycles. The molecule has 2 aromatic carbocycles. The van der Waals surface area contributed by atoms with Gasteiger partial charge in [0, 0.05) is 11.8 Å². The lowest BCUT2D eigenvalue weighted by atomic mass is 10.1. The van der Waals surface area contributed by atoms with E-state index in [1.54, 1.807) is 32.4 Å². The van der Waals surface area contributed by atoms with Gasteiger partial charge in [-0.15, -0.1) is 0 Å². The SMILES string of the molecule is COc1ccc(OC)c(NC(=O)Nc2cccc(C)c2C)c1. The van der Waals surface area contributed by atoms with Crippen LogP contribution in [-0.2, 0) is 0 Å². The summed E-state index contributed by atoms with van der Waals surface area (Å²) in [4.78, 5) is 12.2. The maximum Gasteiger partial charge on any atom is 0.323 e. The third-order valence-corrected chi connectivity index (χ3v) is 3.51. The number of nitrogens with one attached hydrogen (secondary N) is 2. The molecule has 116 valence electrons. The highest BCUT2D eigenvalue weighted by Crippen LogP contribution is 2.29. The quantitative estimate of drug-likeness (QED) is 0.898. The molecule has 2 N–H and O–H groups in total. The van der Waals surface area contributed by atoms with Crippen LogP contribution >= 0.6 is 0 Å². The van der Waals surface area contributed by atoms with Crippen molar-refractivity contribution in [2.45, 2.75) is 13.8 Å². The predicted molar refractivity (Wildman–Crippen MR) is 88.1 cm³/mol. The Labute approximate surface area is 130 Å². The molecule has 0 aromatic heterocycles. The molecule has 0 spiro atoms. The molecule has 0 saturated carbocycles. The maximum absolute atomic E-state index is 12.2. The Bertz CT molecular complexity index is 684. The van der Waals surface area contributed by atoms with Crippen molar-refractivity contribution in [1.29, 1.82) is 0 Å². The van der Waals surface area contributed by atoms with E-state index in [9.17, 15) is 4.79 Å². The average Bonchev–Trinajstić information content (AvgIpc) is 2.51. The van der Waals surface area contributed by atoms with Crippen molar-refractivity contribution >= 4 is 17.4 Å². The van der Waals surface area contributed by atoms with Gasteiger partial charge in [0.05, 0.1) is 19.9 Å². The van der Waals surface area contributed by atoms with E-state index < -0.39 is 0 Å². The molecule has 2 aromatic rings. The average molecular weight is 300 g/mol. The highest BCUT2D eigenvalue weighted by atomic mass is 16.5. The van der Waals surface area contributed by atoms with Gasteiger partial charge in [0.1, 0.15) is 11.5 Å². The highest BCUT2D eigenvalue weighted by molar-refractivity contribution is 6.01. The first-order valence-corrected chi connectivity index (χ1v) is 6.91. The highest BCUT2D eigenvalue weighted by Gasteiger charge is 2.10. The monoisotopic (exact) mass is 300 g/mol. The van der Waals surface area contributed by atoms with Crippen molar-refractivity contribution in [3.8, 4) is 11.5 Å². The van der Waals surface area contributed by atoms with E-state index in [1.807, 2.05) is 32.0 Å². The van der Waals surface area contributed by atoms with E-state index in [4.69, 9.17) is 9.47 Å². The number of carbonyl (C=O) groups is 1. The molecular formula is C17H20N2O3. The number of hydrogen-bond donors (Lipinski definition) is 2. The fourth-order valence-corrected chi connectivity index (χ4v) is 2.07. The second-order valence-corrected chi connectivity index (χ2v) is 4.89. The van der Waals surface area contributed by atoms with E-state index in [0.29, 0.717) is 17.2 Å². The van der Waals surface area contributed by atoms with Crippen LogP contribution in [0.1, 0.15) is 11.1 Å². The Hall–Kier alpha value is -2.69. The fraction of sp³-hybridized carbons (Fsp3) is 0.235. The molecule has 22 heavy (non-hydrogen) atoms. The van der Waals surface area contributed by atoms with Crippen LogP contribution in [0.3, 0.4) is 0 Å². The molecular weight excluding hydrogens is 280 g/mol. The van der Waals surface area contributed by atoms with Crippen LogP contribution in [0.2, 0.25) is 0 Å². The van der Waals surface area contributed by atoms with Crippen LogP contribution in [0.4, 0.5) is 16.2 Å². The van der Waals surface area contributed by atoms with E-state index in [-0.39, 0.29) is 6.03 Å². The van der Waals surface area contributed by atoms with Crippen molar-refractivity contribution in [3.05, 3.63) is 47.5 Å². The molecule has 5 heteroatoms. The van der Waals surface area contributed by atoms with Gasteiger partial charge >= 0.3 is 6.03 Å². The van der Waals surface area contributed by atoms with Gasteiger partial charge in [-0.1, -0.05) is 12.1 Å². The number of ether oxygens (including phenoxy) is 2. The molecule has 0 aliphatic rings. The predicted octanol–water partition coefficient (Wildman–Crippen LogP) is 3.96. The Balaban J connectivity index is 2.16. The van der Waals surface area contributed by atoms with Crippen LogP contribution in [0.15, 0.2) is 36.4 Å². The van der Waals surface area contributed by atoms with Crippen molar-refractivity contribution < 1.29 is 14.3 Å². The molecule has 0 heterocycles. The van der Waals surface area contributed by atoms with Crippen LogP contribution in [0, 0.1) is 13.8 Å². The normalized spacial score (nSPS) is 10.0. The Kier molecular flexibility index (Phi) is 4.88. The lowest BCUT2D eigenvalue weighted by Crippen LogP contribution is -2.20. The van der Waals surface area contributed by atoms with Gasteiger partial charge < -0.3 is 20.1 Å². The molecule has 0 aliphatic carbocycles. The maximum atomic E-state index is 12.2. The lowest BCUT2D eigenvalue weighted by molar-refractivity contribution is 0.262. The zero-order chi connectivity index (χ0) is 16.1. The number of urea groups is 1. The summed E-state index contributed by atoms with van der Waals surface area (Å²) in [6.07, 6.45) is 0. The summed E-state index contributed by atoms with van der Waals surface area (Å²) >= 11 is 0. The largest absolute Gasteiger partial charge is 0.497 e. The number of rotatable bonds is 4. The van der Waals surface area contributed by atoms with Crippen molar-refractivity contribution in [3.63, 3.8) is 0 Å². The van der Waals surface area contributed by atoms with Gasteiger partial charge in [-0.05, 0) is 43.2 Å². The minimum Gasteiger partial charge on any atom is -0.497 e. The van der Waals surface area contributed by atoms with E-state index in [2.05, 4.69) is 10.6 Å². The molecule has 2 amide bonds. The Morgan fingerprint density at radius 1 is 0.955 bits per heavy atom. The molecule has 0 radical (unpaired) electrons. The van der Waals surface area contributed by atoms with Crippen LogP contribution in [0.25, 0.3) is 0 Å². The number of benzene rings is 2. The number of amides is 2. The van der Waals surface area contributed by atoms with E-state index in [0.717, 1.165) is 16.8 Å². The number of aryl methyl sites for hydroxylation is 1. The molecule has 0 fully saturated rings. The summed E-state index contributed by atoms with van der Waals surface area (Å²) in [5, 5.41) is 5.62. The van der Waals surface area contributed by atoms with Gasteiger partial charge in [-0.25, -0.2) is 4.79 Å².